The topological polar surface area (TPSA) is 55.8 Å². The van der Waals surface area contributed by atoms with Gasteiger partial charge in [-0.3, -0.25) is 10.1 Å². The van der Waals surface area contributed by atoms with Crippen LogP contribution in [0.15, 0.2) is 0 Å². The van der Waals surface area contributed by atoms with Gasteiger partial charge in [-0.15, -0.1) is 0 Å². The summed E-state index contributed by atoms with van der Waals surface area (Å²) in [4.78, 5) is 16.3. The Balaban J connectivity index is 1.95. The van der Waals surface area contributed by atoms with Crippen LogP contribution in [0, 0.1) is 0 Å². The largest absolute Gasteiger partial charge is 0.480 e. The van der Waals surface area contributed by atoms with E-state index in [1.54, 1.807) is 0 Å². The molecule has 5 heteroatoms. The third kappa shape index (κ3) is 3.93. The van der Waals surface area contributed by atoms with Crippen LogP contribution in [0.4, 0.5) is 0 Å². The maximum absolute atomic E-state index is 11.8. The summed E-state index contributed by atoms with van der Waals surface area (Å²) in [6.45, 7) is 2.01. The summed E-state index contributed by atoms with van der Waals surface area (Å²) in [6.07, 6.45) is 5.90. The van der Waals surface area contributed by atoms with Crippen LogP contribution in [0.25, 0.3) is 0 Å². The van der Waals surface area contributed by atoms with Crippen LogP contribution in [0.2, 0.25) is 0 Å². The molecule has 0 radical (unpaired) electrons. The van der Waals surface area contributed by atoms with E-state index >= 15 is 0 Å². The molecule has 0 aromatic rings. The lowest BCUT2D eigenvalue weighted by Crippen LogP contribution is -2.59. The second kappa shape index (κ2) is 6.41. The SMILES string of the molecule is CN(C)CCN(C)C1CCCC(NC2CC2)(C(=O)O)C1. The van der Waals surface area contributed by atoms with Crippen LogP contribution < -0.4 is 5.32 Å². The molecule has 0 aromatic carbocycles. The Morgan fingerprint density at radius 1 is 1.25 bits per heavy atom. The van der Waals surface area contributed by atoms with Gasteiger partial charge >= 0.3 is 5.97 Å². The molecule has 0 aliphatic heterocycles. The minimum atomic E-state index is -0.684. The van der Waals surface area contributed by atoms with E-state index < -0.39 is 11.5 Å². The molecular weight excluding hydrogens is 254 g/mol. The van der Waals surface area contributed by atoms with Gasteiger partial charge < -0.3 is 14.9 Å². The van der Waals surface area contributed by atoms with Gasteiger partial charge in [-0.2, -0.15) is 0 Å². The lowest BCUT2D eigenvalue weighted by Gasteiger charge is -2.42. The van der Waals surface area contributed by atoms with Crippen LogP contribution in [0.1, 0.15) is 38.5 Å². The quantitative estimate of drug-likeness (QED) is 0.730. The molecule has 0 amide bonds. The summed E-state index contributed by atoms with van der Waals surface area (Å²) >= 11 is 0. The van der Waals surface area contributed by atoms with E-state index in [0.29, 0.717) is 12.1 Å². The Hall–Kier alpha value is -0.650. The highest BCUT2D eigenvalue weighted by Crippen LogP contribution is 2.34. The van der Waals surface area contributed by atoms with E-state index in [1.807, 2.05) is 0 Å². The van der Waals surface area contributed by atoms with E-state index in [0.717, 1.165) is 51.6 Å². The highest BCUT2D eigenvalue weighted by molar-refractivity contribution is 5.79. The van der Waals surface area contributed by atoms with Crippen molar-refractivity contribution in [3.63, 3.8) is 0 Å². The first-order chi connectivity index (χ1) is 9.43. The number of likely N-dealkylation sites (N-methyl/N-ethyl adjacent to an activating group) is 2. The second-order valence-corrected chi connectivity index (χ2v) is 6.84. The first-order valence-corrected chi connectivity index (χ1v) is 7.79. The van der Waals surface area contributed by atoms with Crippen LogP contribution in [0.3, 0.4) is 0 Å². The Morgan fingerprint density at radius 2 is 1.95 bits per heavy atom. The molecule has 2 aliphatic rings. The van der Waals surface area contributed by atoms with Crippen molar-refractivity contribution in [2.45, 2.75) is 56.1 Å². The third-order valence-electron chi connectivity index (χ3n) is 4.72. The summed E-state index contributed by atoms with van der Waals surface area (Å²) < 4.78 is 0. The molecule has 0 bridgehead atoms. The molecule has 2 rings (SSSR count). The lowest BCUT2D eigenvalue weighted by atomic mass is 9.78. The van der Waals surface area contributed by atoms with Gasteiger partial charge in [0.2, 0.25) is 0 Å². The fourth-order valence-electron chi connectivity index (χ4n) is 3.17. The number of nitrogens with one attached hydrogen (secondary N) is 1. The van der Waals surface area contributed by atoms with Gasteiger partial charge in [0.1, 0.15) is 5.54 Å². The van der Waals surface area contributed by atoms with E-state index in [9.17, 15) is 9.90 Å². The average molecular weight is 283 g/mol. The number of nitrogens with zero attached hydrogens (tertiary/aromatic N) is 2. The summed E-state index contributed by atoms with van der Waals surface area (Å²) in [5, 5.41) is 13.1. The van der Waals surface area contributed by atoms with Crippen molar-refractivity contribution < 1.29 is 9.90 Å². The zero-order chi connectivity index (χ0) is 14.8. The number of aliphatic carboxylic acids is 1. The molecule has 2 N–H and O–H groups in total. The molecular formula is C15H29N3O2. The Labute approximate surface area is 122 Å². The zero-order valence-corrected chi connectivity index (χ0v) is 13.1. The van der Waals surface area contributed by atoms with Gasteiger partial charge in [0.05, 0.1) is 0 Å². The van der Waals surface area contributed by atoms with Crippen molar-refractivity contribution in [1.82, 2.24) is 15.1 Å². The molecule has 5 nitrogen and oxygen atoms in total. The molecule has 2 atom stereocenters. The summed E-state index contributed by atoms with van der Waals surface area (Å²) in [7, 11) is 6.28. The first kappa shape index (κ1) is 15.7. The summed E-state index contributed by atoms with van der Waals surface area (Å²) in [5.74, 6) is -0.657. The highest BCUT2D eigenvalue weighted by atomic mass is 16.4. The molecule has 0 spiro atoms. The van der Waals surface area contributed by atoms with Crippen molar-refractivity contribution >= 4 is 5.97 Å². The monoisotopic (exact) mass is 283 g/mol. The highest BCUT2D eigenvalue weighted by Gasteiger charge is 2.46. The maximum Gasteiger partial charge on any atom is 0.323 e. The Morgan fingerprint density at radius 3 is 2.50 bits per heavy atom. The van der Waals surface area contributed by atoms with Crippen LogP contribution >= 0.6 is 0 Å². The molecule has 116 valence electrons. The standard InChI is InChI=1S/C15H29N3O2/c1-17(2)9-10-18(3)13-5-4-8-15(11-13,14(19)20)16-12-6-7-12/h12-13,16H,4-11H2,1-3H3,(H,19,20). The Bertz CT molecular complexity index is 344. The molecule has 0 saturated heterocycles. The van der Waals surface area contributed by atoms with Crippen LogP contribution in [0.5, 0.6) is 0 Å². The van der Waals surface area contributed by atoms with Crippen molar-refractivity contribution in [2.75, 3.05) is 34.2 Å². The van der Waals surface area contributed by atoms with E-state index in [1.165, 1.54) is 0 Å². The minimum Gasteiger partial charge on any atom is -0.480 e. The van der Waals surface area contributed by atoms with Crippen LogP contribution in [-0.4, -0.2) is 72.7 Å². The first-order valence-electron chi connectivity index (χ1n) is 7.79. The normalized spacial score (nSPS) is 30.9. The lowest BCUT2D eigenvalue weighted by molar-refractivity contribution is -0.147. The smallest absolute Gasteiger partial charge is 0.323 e. The van der Waals surface area contributed by atoms with Gasteiger partial charge in [-0.05, 0) is 59.7 Å². The second-order valence-electron chi connectivity index (χ2n) is 6.84. The molecule has 0 aromatic heterocycles. The number of carbonyl (C=O) groups is 1. The molecule has 0 heterocycles. The van der Waals surface area contributed by atoms with Gasteiger partial charge in [-0.1, -0.05) is 0 Å². The number of carboxylic acid groups (broad SMARTS) is 1. The Kier molecular flexibility index (Phi) is 5.04. The van der Waals surface area contributed by atoms with Crippen molar-refractivity contribution in [3.05, 3.63) is 0 Å². The van der Waals surface area contributed by atoms with E-state index in [-0.39, 0.29) is 0 Å². The van der Waals surface area contributed by atoms with Gasteiger partial charge in [-0.25, -0.2) is 0 Å². The minimum absolute atomic E-state index is 0.381. The summed E-state index contributed by atoms with van der Waals surface area (Å²) in [5.41, 5.74) is -0.684. The fraction of sp³-hybridized carbons (Fsp3) is 0.933. The number of rotatable bonds is 7. The molecule has 2 unspecified atom stereocenters. The van der Waals surface area contributed by atoms with Gasteiger partial charge in [0.15, 0.2) is 0 Å². The molecule has 2 aliphatic carbocycles. The molecule has 2 saturated carbocycles. The molecule has 20 heavy (non-hydrogen) atoms. The maximum atomic E-state index is 11.8. The number of hydrogen-bond acceptors (Lipinski definition) is 4. The predicted octanol–water partition coefficient (Wildman–Crippen LogP) is 0.998. The van der Waals surface area contributed by atoms with Crippen molar-refractivity contribution in [3.8, 4) is 0 Å². The van der Waals surface area contributed by atoms with Crippen molar-refractivity contribution in [2.24, 2.45) is 0 Å². The summed E-state index contributed by atoms with van der Waals surface area (Å²) in [6, 6.07) is 0.822. The molecule has 2 fully saturated rings. The fourth-order valence-corrected chi connectivity index (χ4v) is 3.17. The predicted molar refractivity (Wildman–Crippen MR) is 80.0 cm³/mol. The van der Waals surface area contributed by atoms with E-state index in [2.05, 4.69) is 36.3 Å². The third-order valence-corrected chi connectivity index (χ3v) is 4.72. The van der Waals surface area contributed by atoms with Gasteiger partial charge in [0, 0.05) is 25.2 Å². The number of hydrogen-bond donors (Lipinski definition) is 2. The zero-order valence-electron chi connectivity index (χ0n) is 13.1. The van der Waals surface area contributed by atoms with Crippen LogP contribution in [-0.2, 0) is 4.79 Å². The van der Waals surface area contributed by atoms with Gasteiger partial charge in [0.25, 0.3) is 0 Å². The van der Waals surface area contributed by atoms with Crippen molar-refractivity contribution in [1.29, 1.82) is 0 Å². The number of carboxylic acids is 1. The average Bonchev–Trinajstić information content (AvgIpc) is 3.19. The van der Waals surface area contributed by atoms with E-state index in [4.69, 9.17) is 0 Å².